The summed E-state index contributed by atoms with van der Waals surface area (Å²) in [5, 5.41) is 0. The van der Waals surface area contributed by atoms with Gasteiger partial charge in [-0.2, -0.15) is 0 Å². The molecule has 0 aromatic rings. The van der Waals surface area contributed by atoms with Gasteiger partial charge in [0.15, 0.2) is 0 Å². The van der Waals surface area contributed by atoms with E-state index in [9.17, 15) is 19.2 Å². The Hall–Kier alpha value is -1.27. The molecule has 0 saturated heterocycles. The van der Waals surface area contributed by atoms with Gasteiger partial charge in [-0.1, -0.05) is 0 Å². The van der Waals surface area contributed by atoms with Crippen LogP contribution in [0.4, 0.5) is 0 Å². The van der Waals surface area contributed by atoms with Crippen LogP contribution in [-0.2, 0) is 36.2 Å². The molecule has 0 aliphatic carbocycles. The van der Waals surface area contributed by atoms with Crippen LogP contribution in [0.2, 0.25) is 0 Å². The van der Waals surface area contributed by atoms with Crippen molar-refractivity contribution in [1.29, 1.82) is 0 Å². The van der Waals surface area contributed by atoms with Crippen LogP contribution < -0.4 is 0 Å². The number of Topliss-reactive ketones (excluding diaryl/α,β-unsaturated/α-hetero) is 2. The molecule has 0 saturated carbocycles. The lowest BCUT2D eigenvalue weighted by Crippen LogP contribution is -2.14. The Morgan fingerprint density at radius 2 is 1.00 bits per heavy atom. The first-order valence-corrected chi connectivity index (χ1v) is 9.83. The minimum absolute atomic E-state index is 0.103. The zero-order valence-electron chi connectivity index (χ0n) is 17.8. The number of ketones is 2. The van der Waals surface area contributed by atoms with E-state index in [1.807, 2.05) is 27.7 Å². The third kappa shape index (κ3) is 36.4. The van der Waals surface area contributed by atoms with Crippen LogP contribution in [0.5, 0.6) is 0 Å². The fourth-order valence-corrected chi connectivity index (χ4v) is 1.59. The SMILES string of the molecule is CC(C)[O][Al][O]C(C)C.CCOC(=O)CC(C)=O.CCOC(=O)CC(C)=O. The van der Waals surface area contributed by atoms with E-state index < -0.39 is 11.9 Å². The van der Waals surface area contributed by atoms with Gasteiger partial charge in [0.2, 0.25) is 0 Å². The summed E-state index contributed by atoms with van der Waals surface area (Å²) in [7, 11) is 0. The first-order chi connectivity index (χ1) is 12.5. The molecular formula is C18H34AlO8. The Morgan fingerprint density at radius 1 is 0.704 bits per heavy atom. The van der Waals surface area contributed by atoms with E-state index in [0.717, 1.165) is 0 Å². The molecule has 0 amide bonds. The summed E-state index contributed by atoms with van der Waals surface area (Å²) in [5.74, 6) is -1.20. The Labute approximate surface area is 169 Å². The monoisotopic (exact) mass is 405 g/mol. The second-order valence-electron chi connectivity index (χ2n) is 5.83. The summed E-state index contributed by atoms with van der Waals surface area (Å²) >= 11 is -0.245. The van der Waals surface area contributed by atoms with Crippen molar-refractivity contribution < 1.29 is 36.2 Å². The van der Waals surface area contributed by atoms with Crippen LogP contribution in [0.3, 0.4) is 0 Å². The molecule has 157 valence electrons. The van der Waals surface area contributed by atoms with E-state index in [4.69, 9.17) is 7.58 Å². The number of carbonyl (C=O) groups is 4. The molecule has 0 heterocycles. The highest BCUT2D eigenvalue weighted by Crippen LogP contribution is 1.89. The quantitative estimate of drug-likeness (QED) is 0.310. The zero-order chi connectivity index (χ0) is 21.8. The lowest BCUT2D eigenvalue weighted by Gasteiger charge is -2.09. The van der Waals surface area contributed by atoms with Crippen molar-refractivity contribution in [2.75, 3.05) is 13.2 Å². The third-order valence-corrected chi connectivity index (χ3v) is 3.36. The summed E-state index contributed by atoms with van der Waals surface area (Å²) in [6, 6.07) is 0. The lowest BCUT2D eigenvalue weighted by atomic mass is 10.3. The molecule has 0 unspecified atom stereocenters. The Balaban J connectivity index is -0.000000320. The van der Waals surface area contributed by atoms with E-state index in [1.165, 1.54) is 13.8 Å². The van der Waals surface area contributed by atoms with Gasteiger partial charge in [-0.05, 0) is 55.4 Å². The standard InChI is InChI=1S/2C6H10O3.2C3H7O.Al/c2*1-3-9-6(8)4-5(2)7;2*1-3(2)4;/h2*3-4H2,1-2H3;2*3H,1-2H3;/q;;2*-1;+2. The summed E-state index contributed by atoms with van der Waals surface area (Å²) in [6.45, 7) is 14.9. The molecule has 0 aromatic carbocycles. The van der Waals surface area contributed by atoms with E-state index in [0.29, 0.717) is 25.4 Å². The number of esters is 2. The molecule has 0 rings (SSSR count). The van der Waals surface area contributed by atoms with Crippen molar-refractivity contribution in [3.63, 3.8) is 0 Å². The summed E-state index contributed by atoms with van der Waals surface area (Å²) in [5.41, 5.74) is 0. The maximum Gasteiger partial charge on any atom is 0.668 e. The summed E-state index contributed by atoms with van der Waals surface area (Å²) in [4.78, 5) is 41.3. The number of hydrogen-bond donors (Lipinski definition) is 0. The minimum atomic E-state index is -0.440. The van der Waals surface area contributed by atoms with Crippen molar-refractivity contribution in [1.82, 2.24) is 0 Å². The second-order valence-corrected chi connectivity index (χ2v) is 6.57. The van der Waals surface area contributed by atoms with E-state index in [-0.39, 0.29) is 40.3 Å². The fourth-order valence-electron chi connectivity index (χ4n) is 1.08. The van der Waals surface area contributed by atoms with Gasteiger partial charge in [0.1, 0.15) is 24.4 Å². The van der Waals surface area contributed by atoms with Crippen molar-refractivity contribution in [2.45, 2.75) is 80.4 Å². The lowest BCUT2D eigenvalue weighted by molar-refractivity contribution is -0.146. The summed E-state index contributed by atoms with van der Waals surface area (Å²) < 4.78 is 19.4. The van der Waals surface area contributed by atoms with Gasteiger partial charge in [-0.25, -0.2) is 0 Å². The molecule has 0 bridgehead atoms. The van der Waals surface area contributed by atoms with Crippen LogP contribution in [0, 0.1) is 0 Å². The highest BCUT2D eigenvalue weighted by Gasteiger charge is 2.04. The van der Waals surface area contributed by atoms with Crippen molar-refractivity contribution in [3.05, 3.63) is 0 Å². The Bertz CT molecular complexity index is 384. The molecule has 0 aliphatic heterocycles. The average molecular weight is 405 g/mol. The molecule has 1 radical (unpaired) electrons. The smallest absolute Gasteiger partial charge is 0.482 e. The highest BCUT2D eigenvalue weighted by atomic mass is 27.2. The van der Waals surface area contributed by atoms with Crippen molar-refractivity contribution >= 4 is 39.4 Å². The summed E-state index contributed by atoms with van der Waals surface area (Å²) in [6.07, 6.45) is 0.402. The molecule has 0 N–H and O–H groups in total. The number of carbonyl (C=O) groups excluding carboxylic acids is 4. The maximum absolute atomic E-state index is 10.4. The van der Waals surface area contributed by atoms with Gasteiger partial charge in [-0.3, -0.25) is 19.2 Å². The average Bonchev–Trinajstić information content (AvgIpc) is 2.46. The number of ether oxygens (including phenoxy) is 2. The van der Waals surface area contributed by atoms with Crippen LogP contribution >= 0.6 is 0 Å². The van der Waals surface area contributed by atoms with Gasteiger partial charge in [0.05, 0.1) is 13.2 Å². The van der Waals surface area contributed by atoms with Gasteiger partial charge in [0, 0.05) is 12.2 Å². The molecule has 0 atom stereocenters. The van der Waals surface area contributed by atoms with E-state index in [1.54, 1.807) is 13.8 Å². The van der Waals surface area contributed by atoms with Crippen molar-refractivity contribution in [3.8, 4) is 0 Å². The minimum Gasteiger partial charge on any atom is -0.482 e. The molecule has 8 nitrogen and oxygen atoms in total. The van der Waals surface area contributed by atoms with Crippen LogP contribution in [0.25, 0.3) is 0 Å². The largest absolute Gasteiger partial charge is 0.668 e. The molecule has 27 heavy (non-hydrogen) atoms. The topological polar surface area (TPSA) is 105 Å². The van der Waals surface area contributed by atoms with Gasteiger partial charge >= 0.3 is 27.8 Å². The second kappa shape index (κ2) is 21.0. The number of hydrogen-bond acceptors (Lipinski definition) is 8. The first-order valence-electron chi connectivity index (χ1n) is 8.88. The van der Waals surface area contributed by atoms with E-state index in [2.05, 4.69) is 9.47 Å². The highest BCUT2D eigenvalue weighted by molar-refractivity contribution is 6.18. The maximum atomic E-state index is 10.4. The Kier molecular flexibility index (Phi) is 23.7. The van der Waals surface area contributed by atoms with Crippen LogP contribution in [0.15, 0.2) is 0 Å². The van der Waals surface area contributed by atoms with Gasteiger partial charge in [-0.15, -0.1) is 0 Å². The predicted octanol–water partition coefficient (Wildman–Crippen LogP) is 2.43. The van der Waals surface area contributed by atoms with Crippen molar-refractivity contribution in [2.24, 2.45) is 0 Å². The van der Waals surface area contributed by atoms with Gasteiger partial charge < -0.3 is 17.1 Å². The van der Waals surface area contributed by atoms with E-state index >= 15 is 0 Å². The molecule has 0 fully saturated rings. The molecule has 0 aromatic heterocycles. The third-order valence-electron chi connectivity index (χ3n) is 2.05. The van der Waals surface area contributed by atoms with Crippen LogP contribution in [0.1, 0.15) is 68.2 Å². The molecule has 0 aliphatic rings. The first kappa shape index (κ1) is 30.5. The van der Waals surface area contributed by atoms with Crippen LogP contribution in [-0.4, -0.2) is 64.8 Å². The number of rotatable bonds is 10. The van der Waals surface area contributed by atoms with Gasteiger partial charge in [0.25, 0.3) is 0 Å². The molecule has 9 heteroatoms. The Morgan fingerprint density at radius 3 is 1.19 bits per heavy atom. The fraction of sp³-hybridized carbons (Fsp3) is 0.778. The predicted molar refractivity (Wildman–Crippen MR) is 102 cm³/mol. The zero-order valence-corrected chi connectivity index (χ0v) is 19.0. The normalized spacial score (nSPS) is 9.41. The molecule has 0 spiro atoms. The molecular weight excluding hydrogens is 371 g/mol.